The Morgan fingerprint density at radius 3 is 3.11 bits per heavy atom. The van der Waals surface area contributed by atoms with Crippen molar-refractivity contribution in [3.05, 3.63) is 17.6 Å². The van der Waals surface area contributed by atoms with E-state index in [-0.39, 0.29) is 6.10 Å². The van der Waals surface area contributed by atoms with Crippen LogP contribution in [0.15, 0.2) is 6.33 Å². The van der Waals surface area contributed by atoms with E-state index in [0.717, 1.165) is 25.2 Å². The lowest BCUT2D eigenvalue weighted by Gasteiger charge is -2.33. The van der Waals surface area contributed by atoms with Crippen LogP contribution >= 0.6 is 0 Å². The highest BCUT2D eigenvalue weighted by Gasteiger charge is 2.25. The normalized spacial score (nSPS) is 23.3. The first-order valence-electron chi connectivity index (χ1n) is 6.47. The molecule has 1 saturated heterocycles. The number of aromatic nitrogens is 2. The van der Waals surface area contributed by atoms with Gasteiger partial charge in [0.25, 0.3) is 0 Å². The molecule has 2 heterocycles. The number of fused-ring (bicyclic) bond motifs is 1. The summed E-state index contributed by atoms with van der Waals surface area (Å²) >= 11 is 0. The van der Waals surface area contributed by atoms with Crippen LogP contribution in [-0.2, 0) is 17.6 Å². The zero-order chi connectivity index (χ0) is 12.4. The number of hydrogen-bond acceptors (Lipinski definition) is 5. The fourth-order valence-corrected chi connectivity index (χ4v) is 2.70. The van der Waals surface area contributed by atoms with Crippen LogP contribution < -0.4 is 4.90 Å². The Hall–Kier alpha value is -1.67. The number of morpholine rings is 1. The summed E-state index contributed by atoms with van der Waals surface area (Å²) in [5.74, 6) is 1.02. The van der Waals surface area contributed by atoms with Crippen LogP contribution in [0.3, 0.4) is 0 Å². The van der Waals surface area contributed by atoms with E-state index in [1.165, 1.54) is 24.1 Å². The zero-order valence-electron chi connectivity index (χ0n) is 10.3. The lowest BCUT2D eigenvalue weighted by molar-refractivity contribution is 0.0760. The maximum Gasteiger partial charge on any atom is 0.161 e. The Labute approximate surface area is 106 Å². The van der Waals surface area contributed by atoms with Gasteiger partial charge in [0.05, 0.1) is 19.2 Å². The second-order valence-corrected chi connectivity index (χ2v) is 4.76. The third-order valence-electron chi connectivity index (χ3n) is 3.61. The van der Waals surface area contributed by atoms with Gasteiger partial charge in [-0.25, -0.2) is 9.97 Å². The van der Waals surface area contributed by atoms with E-state index in [0.29, 0.717) is 13.2 Å². The monoisotopic (exact) mass is 244 g/mol. The summed E-state index contributed by atoms with van der Waals surface area (Å²) in [5.41, 5.74) is 2.47. The second kappa shape index (κ2) is 4.91. The number of hydrogen-bond donors (Lipinski definition) is 0. The fourth-order valence-electron chi connectivity index (χ4n) is 2.70. The smallest absolute Gasteiger partial charge is 0.161 e. The average molecular weight is 244 g/mol. The molecule has 1 aliphatic heterocycles. The highest BCUT2D eigenvalue weighted by Crippen LogP contribution is 2.27. The standard InChI is InChI=1S/C13H16N4O/c14-7-10-8-17(5-6-18-10)13-11-3-1-2-4-12(11)15-9-16-13/h9-10H,1-6,8H2. The van der Waals surface area contributed by atoms with E-state index < -0.39 is 0 Å². The molecule has 0 spiro atoms. The molecule has 18 heavy (non-hydrogen) atoms. The summed E-state index contributed by atoms with van der Waals surface area (Å²) in [5, 5.41) is 8.96. The van der Waals surface area contributed by atoms with Crippen LogP contribution in [0.2, 0.25) is 0 Å². The predicted octanol–water partition coefficient (Wildman–Crippen LogP) is 1.08. The second-order valence-electron chi connectivity index (χ2n) is 4.76. The third kappa shape index (κ3) is 2.04. The van der Waals surface area contributed by atoms with Gasteiger partial charge in [-0.1, -0.05) is 0 Å². The van der Waals surface area contributed by atoms with E-state index in [4.69, 9.17) is 10.00 Å². The summed E-state index contributed by atoms with van der Waals surface area (Å²) < 4.78 is 5.38. The lowest BCUT2D eigenvalue weighted by atomic mass is 9.96. The number of nitrogens with zero attached hydrogens (tertiary/aromatic N) is 4. The first-order chi connectivity index (χ1) is 8.88. The summed E-state index contributed by atoms with van der Waals surface area (Å²) in [4.78, 5) is 11.0. The average Bonchev–Trinajstić information content (AvgIpc) is 2.47. The Bertz CT molecular complexity index is 482. The van der Waals surface area contributed by atoms with Crippen molar-refractivity contribution in [2.45, 2.75) is 31.8 Å². The molecule has 0 bridgehead atoms. The quantitative estimate of drug-likeness (QED) is 0.740. The molecule has 5 nitrogen and oxygen atoms in total. The van der Waals surface area contributed by atoms with Crippen molar-refractivity contribution < 1.29 is 4.74 Å². The number of ether oxygens (including phenoxy) is 1. The van der Waals surface area contributed by atoms with Crippen molar-refractivity contribution in [1.82, 2.24) is 9.97 Å². The minimum absolute atomic E-state index is 0.340. The first-order valence-corrected chi connectivity index (χ1v) is 6.47. The molecule has 1 unspecified atom stereocenters. The van der Waals surface area contributed by atoms with Crippen molar-refractivity contribution in [2.75, 3.05) is 24.6 Å². The van der Waals surface area contributed by atoms with Crippen molar-refractivity contribution in [2.24, 2.45) is 0 Å². The van der Waals surface area contributed by atoms with Crippen LogP contribution in [0.1, 0.15) is 24.1 Å². The molecule has 1 atom stereocenters. The molecular weight excluding hydrogens is 228 g/mol. The molecule has 5 heteroatoms. The van der Waals surface area contributed by atoms with E-state index in [2.05, 4.69) is 20.9 Å². The highest BCUT2D eigenvalue weighted by molar-refractivity contribution is 5.50. The summed E-state index contributed by atoms with van der Waals surface area (Å²) in [7, 11) is 0. The molecule has 0 aromatic carbocycles. The molecule has 1 fully saturated rings. The van der Waals surface area contributed by atoms with Crippen molar-refractivity contribution in [3.63, 3.8) is 0 Å². The minimum Gasteiger partial charge on any atom is -0.360 e. The SMILES string of the molecule is N#CC1CN(c2ncnc3c2CCCC3)CCO1. The van der Waals surface area contributed by atoms with E-state index in [9.17, 15) is 0 Å². The van der Waals surface area contributed by atoms with Gasteiger partial charge >= 0.3 is 0 Å². The Kier molecular flexibility index (Phi) is 3.11. The van der Waals surface area contributed by atoms with Crippen LogP contribution in [0.4, 0.5) is 5.82 Å². The van der Waals surface area contributed by atoms with Crippen LogP contribution in [0, 0.1) is 11.3 Å². The number of nitriles is 1. The third-order valence-corrected chi connectivity index (χ3v) is 3.61. The highest BCUT2D eigenvalue weighted by atomic mass is 16.5. The Morgan fingerprint density at radius 1 is 1.33 bits per heavy atom. The number of rotatable bonds is 1. The molecule has 1 aromatic rings. The van der Waals surface area contributed by atoms with Gasteiger partial charge in [0.1, 0.15) is 12.1 Å². The molecule has 0 N–H and O–H groups in total. The molecule has 0 amide bonds. The van der Waals surface area contributed by atoms with Gasteiger partial charge in [0, 0.05) is 17.8 Å². The van der Waals surface area contributed by atoms with Crippen molar-refractivity contribution in [1.29, 1.82) is 5.26 Å². The molecule has 1 aromatic heterocycles. The van der Waals surface area contributed by atoms with Gasteiger partial charge in [-0.2, -0.15) is 5.26 Å². The summed E-state index contributed by atoms with van der Waals surface area (Å²) in [6, 6.07) is 2.18. The molecule has 3 rings (SSSR count). The predicted molar refractivity (Wildman–Crippen MR) is 66.2 cm³/mol. The summed E-state index contributed by atoms with van der Waals surface area (Å²) in [6.45, 7) is 2.01. The van der Waals surface area contributed by atoms with Crippen LogP contribution in [0.25, 0.3) is 0 Å². The van der Waals surface area contributed by atoms with Gasteiger partial charge in [-0.3, -0.25) is 0 Å². The fraction of sp³-hybridized carbons (Fsp3) is 0.615. The first kappa shape index (κ1) is 11.4. The topological polar surface area (TPSA) is 62.0 Å². The lowest BCUT2D eigenvalue weighted by Crippen LogP contribution is -2.43. The van der Waals surface area contributed by atoms with E-state index >= 15 is 0 Å². The van der Waals surface area contributed by atoms with Crippen molar-refractivity contribution >= 4 is 5.82 Å². The van der Waals surface area contributed by atoms with Gasteiger partial charge in [-0.05, 0) is 25.7 Å². The Morgan fingerprint density at radius 2 is 2.22 bits per heavy atom. The minimum atomic E-state index is -0.340. The molecule has 2 aliphatic rings. The van der Waals surface area contributed by atoms with Crippen LogP contribution in [-0.4, -0.2) is 35.8 Å². The van der Waals surface area contributed by atoms with Gasteiger partial charge in [-0.15, -0.1) is 0 Å². The summed E-state index contributed by atoms with van der Waals surface area (Å²) in [6.07, 6.45) is 5.84. The molecule has 0 saturated carbocycles. The van der Waals surface area contributed by atoms with Crippen LogP contribution in [0.5, 0.6) is 0 Å². The maximum absolute atomic E-state index is 8.96. The van der Waals surface area contributed by atoms with Gasteiger partial charge in [0.15, 0.2) is 6.10 Å². The van der Waals surface area contributed by atoms with Crippen molar-refractivity contribution in [3.8, 4) is 6.07 Å². The zero-order valence-corrected chi connectivity index (χ0v) is 10.3. The molecule has 0 radical (unpaired) electrons. The van der Waals surface area contributed by atoms with E-state index in [1.807, 2.05) is 0 Å². The van der Waals surface area contributed by atoms with E-state index in [1.54, 1.807) is 6.33 Å². The largest absolute Gasteiger partial charge is 0.360 e. The molecular formula is C13H16N4O. The maximum atomic E-state index is 8.96. The van der Waals surface area contributed by atoms with Gasteiger partial charge < -0.3 is 9.64 Å². The molecule has 94 valence electrons. The Balaban J connectivity index is 1.90. The number of anilines is 1. The van der Waals surface area contributed by atoms with Gasteiger partial charge in [0.2, 0.25) is 0 Å². The number of aryl methyl sites for hydroxylation is 1. The molecule has 1 aliphatic carbocycles.